The minimum atomic E-state index is -4.67. The molecule has 2 nitrogen and oxygen atoms in total. The number of nitrogens with zero attached hydrogens (tertiary/aromatic N) is 1. The SMILES string of the molecule is Cc1ccc2c(C(=O)C(F)(F)C(F)F)cn(C)c2c1. The van der Waals surface area contributed by atoms with Crippen molar-refractivity contribution in [2.75, 3.05) is 0 Å². The third-order valence-electron chi connectivity index (χ3n) is 2.97. The molecule has 2 rings (SSSR count). The Balaban J connectivity index is 2.61. The number of rotatable bonds is 3. The van der Waals surface area contributed by atoms with Gasteiger partial charge in [0.25, 0.3) is 0 Å². The van der Waals surface area contributed by atoms with Gasteiger partial charge < -0.3 is 4.57 Å². The molecule has 0 saturated heterocycles. The number of hydrogen-bond acceptors (Lipinski definition) is 1. The standard InChI is InChI=1S/C13H11F4NO/c1-7-3-4-8-9(6-18(2)10(8)5-7)11(19)13(16,17)12(14)15/h3-6,12H,1-2H3. The van der Waals surface area contributed by atoms with Crippen molar-refractivity contribution in [2.24, 2.45) is 7.05 Å². The van der Waals surface area contributed by atoms with Crippen molar-refractivity contribution in [3.8, 4) is 0 Å². The number of aryl methyl sites for hydroxylation is 2. The van der Waals surface area contributed by atoms with Crippen LogP contribution in [0.4, 0.5) is 17.6 Å². The molecule has 19 heavy (non-hydrogen) atoms. The highest BCUT2D eigenvalue weighted by molar-refractivity contribution is 6.11. The predicted octanol–water partition coefficient (Wildman–Crippen LogP) is 3.57. The van der Waals surface area contributed by atoms with Gasteiger partial charge in [0.15, 0.2) is 0 Å². The van der Waals surface area contributed by atoms with E-state index in [0.717, 1.165) is 11.8 Å². The van der Waals surface area contributed by atoms with Crippen LogP contribution in [0.2, 0.25) is 0 Å². The van der Waals surface area contributed by atoms with Crippen LogP contribution in [0.5, 0.6) is 0 Å². The largest absolute Gasteiger partial charge is 0.368 e. The first kappa shape index (κ1) is 13.6. The van der Waals surface area contributed by atoms with Crippen molar-refractivity contribution in [1.29, 1.82) is 0 Å². The number of aromatic nitrogens is 1. The first-order valence-electron chi connectivity index (χ1n) is 5.51. The summed E-state index contributed by atoms with van der Waals surface area (Å²) in [6, 6.07) is 4.83. The van der Waals surface area contributed by atoms with Gasteiger partial charge in [-0.1, -0.05) is 12.1 Å². The summed E-state index contributed by atoms with van der Waals surface area (Å²) in [7, 11) is 1.57. The van der Waals surface area contributed by atoms with Gasteiger partial charge in [0.2, 0.25) is 5.78 Å². The van der Waals surface area contributed by atoms with E-state index >= 15 is 0 Å². The molecular weight excluding hydrogens is 262 g/mol. The monoisotopic (exact) mass is 273 g/mol. The highest BCUT2D eigenvalue weighted by Gasteiger charge is 2.49. The van der Waals surface area contributed by atoms with Crippen molar-refractivity contribution in [3.05, 3.63) is 35.5 Å². The minimum absolute atomic E-state index is 0.249. The third-order valence-corrected chi connectivity index (χ3v) is 2.97. The Hall–Kier alpha value is -1.85. The second kappa shape index (κ2) is 4.36. The molecular formula is C13H11F4NO. The zero-order valence-corrected chi connectivity index (χ0v) is 10.3. The zero-order valence-electron chi connectivity index (χ0n) is 10.3. The van der Waals surface area contributed by atoms with E-state index in [1.165, 1.54) is 10.6 Å². The third kappa shape index (κ3) is 2.11. The summed E-state index contributed by atoms with van der Waals surface area (Å²) in [6.45, 7) is 1.81. The van der Waals surface area contributed by atoms with Crippen molar-refractivity contribution in [3.63, 3.8) is 0 Å². The number of halogens is 4. The van der Waals surface area contributed by atoms with Crippen LogP contribution in [0.3, 0.4) is 0 Å². The van der Waals surface area contributed by atoms with E-state index in [1.807, 2.05) is 6.92 Å². The van der Waals surface area contributed by atoms with Gasteiger partial charge in [-0.2, -0.15) is 8.78 Å². The van der Waals surface area contributed by atoms with Crippen molar-refractivity contribution in [1.82, 2.24) is 4.57 Å². The van der Waals surface area contributed by atoms with Crippen LogP contribution < -0.4 is 0 Å². The van der Waals surface area contributed by atoms with Crippen LogP contribution in [0.25, 0.3) is 10.9 Å². The first-order valence-corrected chi connectivity index (χ1v) is 5.51. The van der Waals surface area contributed by atoms with Crippen LogP contribution in [0, 0.1) is 6.92 Å². The maximum atomic E-state index is 13.1. The average Bonchev–Trinajstić information content (AvgIpc) is 2.65. The van der Waals surface area contributed by atoms with E-state index in [2.05, 4.69) is 0 Å². The normalized spacial score (nSPS) is 12.4. The molecule has 0 N–H and O–H groups in total. The molecule has 0 amide bonds. The summed E-state index contributed by atoms with van der Waals surface area (Å²) in [5.41, 5.74) is 1.05. The second-order valence-electron chi connectivity index (χ2n) is 4.43. The van der Waals surface area contributed by atoms with Gasteiger partial charge in [0.05, 0.1) is 0 Å². The quantitative estimate of drug-likeness (QED) is 0.619. The van der Waals surface area contributed by atoms with Gasteiger partial charge in [0, 0.05) is 29.7 Å². The van der Waals surface area contributed by atoms with Gasteiger partial charge in [0.1, 0.15) is 0 Å². The summed E-state index contributed by atoms with van der Waals surface area (Å²) >= 11 is 0. The van der Waals surface area contributed by atoms with E-state index in [1.54, 1.807) is 19.2 Å². The highest BCUT2D eigenvalue weighted by atomic mass is 19.3. The van der Waals surface area contributed by atoms with Crippen molar-refractivity contribution < 1.29 is 22.4 Å². The Morgan fingerprint density at radius 1 is 1.32 bits per heavy atom. The Kier molecular flexibility index (Phi) is 3.12. The Labute approximate surface area is 106 Å². The maximum Gasteiger partial charge on any atom is 0.368 e. The molecule has 0 fully saturated rings. The molecule has 0 unspecified atom stereocenters. The average molecular weight is 273 g/mol. The number of fused-ring (bicyclic) bond motifs is 1. The van der Waals surface area contributed by atoms with Crippen LogP contribution in [-0.2, 0) is 7.05 Å². The predicted molar refractivity (Wildman–Crippen MR) is 62.9 cm³/mol. The number of hydrogen-bond donors (Lipinski definition) is 0. The van der Waals surface area contributed by atoms with E-state index in [4.69, 9.17) is 0 Å². The molecule has 2 aromatic rings. The molecule has 0 aliphatic carbocycles. The molecule has 102 valence electrons. The van der Waals surface area contributed by atoms with E-state index < -0.39 is 18.1 Å². The molecule has 0 bridgehead atoms. The second-order valence-corrected chi connectivity index (χ2v) is 4.43. The Morgan fingerprint density at radius 2 is 1.95 bits per heavy atom. The lowest BCUT2D eigenvalue weighted by atomic mass is 10.0. The smallest absolute Gasteiger partial charge is 0.350 e. The van der Waals surface area contributed by atoms with E-state index in [9.17, 15) is 22.4 Å². The number of carbonyl (C=O) groups excluding carboxylic acids is 1. The lowest BCUT2D eigenvalue weighted by molar-refractivity contribution is -0.0957. The van der Waals surface area contributed by atoms with Gasteiger partial charge in [-0.25, -0.2) is 8.78 Å². The van der Waals surface area contributed by atoms with Gasteiger partial charge in [-0.15, -0.1) is 0 Å². The molecule has 0 saturated carbocycles. The molecule has 0 radical (unpaired) electrons. The topological polar surface area (TPSA) is 22.0 Å². The number of alkyl halides is 4. The Bertz CT molecular complexity index is 645. The van der Waals surface area contributed by atoms with Gasteiger partial charge in [-0.3, -0.25) is 4.79 Å². The molecule has 6 heteroatoms. The summed E-state index contributed by atoms with van der Waals surface area (Å²) < 4.78 is 52.2. The van der Waals surface area contributed by atoms with Crippen LogP contribution in [-0.4, -0.2) is 22.7 Å². The first-order chi connectivity index (χ1) is 8.75. The molecule has 0 atom stereocenters. The molecule has 0 aliphatic rings. The molecule has 0 spiro atoms. The van der Waals surface area contributed by atoms with E-state index in [0.29, 0.717) is 5.52 Å². The molecule has 1 aromatic carbocycles. The lowest BCUT2D eigenvalue weighted by Gasteiger charge is -2.12. The molecule has 1 heterocycles. The fraction of sp³-hybridized carbons (Fsp3) is 0.308. The Morgan fingerprint density at radius 3 is 2.53 bits per heavy atom. The van der Waals surface area contributed by atoms with Crippen LogP contribution >= 0.6 is 0 Å². The fourth-order valence-corrected chi connectivity index (χ4v) is 1.95. The number of benzene rings is 1. The highest BCUT2D eigenvalue weighted by Crippen LogP contribution is 2.31. The summed E-state index contributed by atoms with van der Waals surface area (Å²) in [4.78, 5) is 11.6. The number of Topliss-reactive ketones (excluding diaryl/α,β-unsaturated/α-hetero) is 1. The van der Waals surface area contributed by atoms with Crippen LogP contribution in [0.15, 0.2) is 24.4 Å². The molecule has 1 aromatic heterocycles. The van der Waals surface area contributed by atoms with Crippen molar-refractivity contribution in [2.45, 2.75) is 19.3 Å². The van der Waals surface area contributed by atoms with Gasteiger partial charge in [-0.05, 0) is 18.6 Å². The summed E-state index contributed by atoms with van der Waals surface area (Å²) in [5.74, 6) is -6.52. The van der Waals surface area contributed by atoms with Crippen LogP contribution in [0.1, 0.15) is 15.9 Å². The number of carbonyl (C=O) groups is 1. The summed E-state index contributed by atoms with van der Waals surface area (Å²) in [6.07, 6.45) is -2.86. The van der Waals surface area contributed by atoms with E-state index in [-0.39, 0.29) is 10.9 Å². The number of ketones is 1. The summed E-state index contributed by atoms with van der Waals surface area (Å²) in [5, 5.41) is 0.249. The molecule has 0 aliphatic heterocycles. The zero-order chi connectivity index (χ0) is 14.4. The maximum absolute atomic E-state index is 13.1. The fourth-order valence-electron chi connectivity index (χ4n) is 1.95. The van der Waals surface area contributed by atoms with Crippen molar-refractivity contribution >= 4 is 16.7 Å². The van der Waals surface area contributed by atoms with Gasteiger partial charge >= 0.3 is 12.3 Å². The minimum Gasteiger partial charge on any atom is -0.350 e. The lowest BCUT2D eigenvalue weighted by Crippen LogP contribution is -2.36.